The molecule has 0 fully saturated rings. The van der Waals surface area contributed by atoms with Crippen LogP contribution in [-0.4, -0.2) is 41.0 Å². The molecule has 0 saturated heterocycles. The number of hydrogen-bond donors (Lipinski definition) is 2. The zero-order chi connectivity index (χ0) is 34.7. The first kappa shape index (κ1) is 44.8. The number of carbonyl (C=O) groups excluding carboxylic acids is 2. The molecule has 9 heteroatoms. The van der Waals surface area contributed by atoms with Crippen LogP contribution in [0.4, 0.5) is 0 Å². The van der Waals surface area contributed by atoms with Crippen LogP contribution in [-0.2, 0) is 28.2 Å². The number of unbranched alkanes of at least 4 members (excludes halogenated alkanes) is 12. The maximum Gasteiger partial charge on any atom is 0.469 e. The molecule has 0 aliphatic rings. The molecule has 0 aromatic carbocycles. The van der Waals surface area contributed by atoms with Crippen molar-refractivity contribution in [1.82, 2.24) is 0 Å². The van der Waals surface area contributed by atoms with Gasteiger partial charge in [-0.1, -0.05) is 120 Å². The molecule has 0 radical (unpaired) electrons. The first-order valence-corrected chi connectivity index (χ1v) is 19.6. The zero-order valence-electron chi connectivity index (χ0n) is 29.4. The standard InChI is InChI=1S/C38H65O8P/c1-3-5-7-9-11-13-15-17-19-21-22-24-26-28-30-32-37(39)44-34-36(35-45-47(41,42)43)46-38(40)33-31-29-27-25-23-20-18-16-14-12-10-8-6-4-2/h5,7,11,13,16-19,22,24,36H,3-4,6,8-10,12,14-15,20-21,23,25-35H2,1-2H3,(H2,41,42,43)/b7-5-,13-11-,18-16-,19-17-,24-22-/t36-/m1/s1. The van der Waals surface area contributed by atoms with Gasteiger partial charge >= 0.3 is 19.8 Å². The highest BCUT2D eigenvalue weighted by Gasteiger charge is 2.22. The van der Waals surface area contributed by atoms with Gasteiger partial charge in [-0.3, -0.25) is 14.1 Å². The van der Waals surface area contributed by atoms with E-state index in [1.54, 1.807) is 0 Å². The number of rotatable bonds is 32. The molecular formula is C38H65O8P. The number of phosphoric acid groups is 1. The number of allylic oxidation sites excluding steroid dienone is 10. The van der Waals surface area contributed by atoms with Gasteiger partial charge in [0.2, 0.25) is 0 Å². The third-order valence-corrected chi connectivity index (χ3v) is 7.76. The van der Waals surface area contributed by atoms with Crippen molar-refractivity contribution in [2.24, 2.45) is 0 Å². The minimum absolute atomic E-state index is 0.190. The lowest BCUT2D eigenvalue weighted by molar-refractivity contribution is -0.161. The molecule has 0 aliphatic heterocycles. The fourth-order valence-corrected chi connectivity index (χ4v) is 4.95. The van der Waals surface area contributed by atoms with Gasteiger partial charge < -0.3 is 19.3 Å². The summed E-state index contributed by atoms with van der Waals surface area (Å²) in [6.45, 7) is 3.49. The highest BCUT2D eigenvalue weighted by atomic mass is 31.2. The molecule has 0 amide bonds. The van der Waals surface area contributed by atoms with Crippen molar-refractivity contribution in [1.29, 1.82) is 0 Å². The summed E-state index contributed by atoms with van der Waals surface area (Å²) in [5, 5.41) is 0. The van der Waals surface area contributed by atoms with E-state index in [0.29, 0.717) is 12.8 Å². The first-order valence-electron chi connectivity index (χ1n) is 18.1. The number of esters is 2. The number of ether oxygens (including phenoxy) is 2. The lowest BCUT2D eigenvalue weighted by atomic mass is 10.1. The van der Waals surface area contributed by atoms with Crippen molar-refractivity contribution in [2.45, 2.75) is 155 Å². The second-order valence-electron chi connectivity index (χ2n) is 11.8. The van der Waals surface area contributed by atoms with Crippen LogP contribution in [0.3, 0.4) is 0 Å². The fourth-order valence-electron chi connectivity index (χ4n) is 4.59. The summed E-state index contributed by atoms with van der Waals surface area (Å²) in [6.07, 6.45) is 40.9. The van der Waals surface area contributed by atoms with Gasteiger partial charge in [0.25, 0.3) is 0 Å². The summed E-state index contributed by atoms with van der Waals surface area (Å²) in [7, 11) is -4.76. The first-order chi connectivity index (χ1) is 22.8. The molecule has 47 heavy (non-hydrogen) atoms. The summed E-state index contributed by atoms with van der Waals surface area (Å²) < 4.78 is 26.2. The molecule has 2 N–H and O–H groups in total. The fraction of sp³-hybridized carbons (Fsp3) is 0.684. The van der Waals surface area contributed by atoms with Crippen LogP contribution in [0.2, 0.25) is 0 Å². The second kappa shape index (κ2) is 33.6. The van der Waals surface area contributed by atoms with E-state index in [1.807, 2.05) is 0 Å². The highest BCUT2D eigenvalue weighted by Crippen LogP contribution is 2.35. The van der Waals surface area contributed by atoms with Crippen LogP contribution in [0, 0.1) is 0 Å². The SMILES string of the molecule is CC/C=C\C/C=C\C/C=C\C/C=C\CCCCC(=O)OC[C@H](COP(=O)(O)O)OC(=O)CCCCCCC/C=C\CCCCCCC. The van der Waals surface area contributed by atoms with E-state index < -0.39 is 32.5 Å². The molecule has 0 saturated carbocycles. The topological polar surface area (TPSA) is 119 Å². The van der Waals surface area contributed by atoms with E-state index in [9.17, 15) is 14.2 Å². The number of carbonyl (C=O) groups is 2. The predicted octanol–water partition coefficient (Wildman–Crippen LogP) is 10.6. The zero-order valence-corrected chi connectivity index (χ0v) is 30.3. The van der Waals surface area contributed by atoms with Gasteiger partial charge in [-0.15, -0.1) is 0 Å². The van der Waals surface area contributed by atoms with Crippen LogP contribution < -0.4 is 0 Å². The molecule has 1 atom stereocenters. The third kappa shape index (κ3) is 36.4. The Hall–Kier alpha value is -2.25. The van der Waals surface area contributed by atoms with Gasteiger partial charge in [0.15, 0.2) is 6.10 Å². The Balaban J connectivity index is 4.09. The van der Waals surface area contributed by atoms with E-state index in [2.05, 4.69) is 79.1 Å². The Morgan fingerprint density at radius 1 is 0.574 bits per heavy atom. The van der Waals surface area contributed by atoms with Crippen molar-refractivity contribution < 1.29 is 37.9 Å². The van der Waals surface area contributed by atoms with Crippen LogP contribution in [0.5, 0.6) is 0 Å². The monoisotopic (exact) mass is 680 g/mol. The Morgan fingerprint density at radius 3 is 1.60 bits per heavy atom. The Labute approximate surface area is 286 Å². The Bertz CT molecular complexity index is 947. The largest absolute Gasteiger partial charge is 0.469 e. The minimum Gasteiger partial charge on any atom is -0.462 e. The third-order valence-electron chi connectivity index (χ3n) is 7.27. The maximum atomic E-state index is 12.3. The van der Waals surface area contributed by atoms with Gasteiger partial charge in [0, 0.05) is 12.8 Å². The van der Waals surface area contributed by atoms with Gasteiger partial charge in [-0.2, -0.15) is 0 Å². The summed E-state index contributed by atoms with van der Waals surface area (Å²) >= 11 is 0. The minimum atomic E-state index is -4.76. The van der Waals surface area contributed by atoms with Crippen molar-refractivity contribution in [3.05, 3.63) is 60.8 Å². The molecule has 0 unspecified atom stereocenters. The van der Waals surface area contributed by atoms with Gasteiger partial charge in [-0.05, 0) is 77.0 Å². The smallest absolute Gasteiger partial charge is 0.462 e. The molecule has 270 valence electrons. The molecule has 0 spiro atoms. The molecule has 0 aliphatic carbocycles. The van der Waals surface area contributed by atoms with E-state index in [-0.39, 0.29) is 19.4 Å². The van der Waals surface area contributed by atoms with Crippen LogP contribution in [0.1, 0.15) is 149 Å². The molecule has 0 aromatic rings. The maximum absolute atomic E-state index is 12.3. The lowest BCUT2D eigenvalue weighted by Crippen LogP contribution is -2.29. The van der Waals surface area contributed by atoms with E-state index >= 15 is 0 Å². The van der Waals surface area contributed by atoms with Gasteiger partial charge in [0.1, 0.15) is 6.61 Å². The second-order valence-corrected chi connectivity index (χ2v) is 13.0. The molecule has 0 aromatic heterocycles. The molecular weight excluding hydrogens is 615 g/mol. The molecule has 0 rings (SSSR count). The quantitative estimate of drug-likeness (QED) is 0.0312. The summed E-state index contributed by atoms with van der Waals surface area (Å²) in [5.74, 6) is -0.950. The number of phosphoric ester groups is 1. The van der Waals surface area contributed by atoms with Crippen LogP contribution >= 0.6 is 7.82 Å². The van der Waals surface area contributed by atoms with Crippen molar-refractivity contribution in [2.75, 3.05) is 13.2 Å². The highest BCUT2D eigenvalue weighted by molar-refractivity contribution is 7.46. The van der Waals surface area contributed by atoms with Gasteiger partial charge in [0.05, 0.1) is 6.61 Å². The van der Waals surface area contributed by atoms with E-state index in [4.69, 9.17) is 19.3 Å². The average Bonchev–Trinajstić information content (AvgIpc) is 3.03. The molecule has 0 bridgehead atoms. The van der Waals surface area contributed by atoms with E-state index in [0.717, 1.165) is 70.6 Å². The number of hydrogen-bond acceptors (Lipinski definition) is 6. The van der Waals surface area contributed by atoms with Crippen molar-refractivity contribution >= 4 is 19.8 Å². The molecule has 8 nitrogen and oxygen atoms in total. The van der Waals surface area contributed by atoms with E-state index in [1.165, 1.54) is 38.5 Å². The Kier molecular flexibility index (Phi) is 32.0. The summed E-state index contributed by atoms with van der Waals surface area (Å²) in [6, 6.07) is 0. The normalized spacial score (nSPS) is 13.2. The molecule has 0 heterocycles. The average molecular weight is 681 g/mol. The Morgan fingerprint density at radius 2 is 1.02 bits per heavy atom. The predicted molar refractivity (Wildman–Crippen MR) is 193 cm³/mol. The summed E-state index contributed by atoms with van der Waals surface area (Å²) in [5.41, 5.74) is 0. The van der Waals surface area contributed by atoms with Crippen molar-refractivity contribution in [3.63, 3.8) is 0 Å². The van der Waals surface area contributed by atoms with Crippen molar-refractivity contribution in [3.8, 4) is 0 Å². The van der Waals surface area contributed by atoms with Crippen LogP contribution in [0.15, 0.2) is 60.8 Å². The van der Waals surface area contributed by atoms with Gasteiger partial charge in [-0.25, -0.2) is 4.57 Å². The van der Waals surface area contributed by atoms with Crippen LogP contribution in [0.25, 0.3) is 0 Å². The lowest BCUT2D eigenvalue weighted by Gasteiger charge is -2.18. The summed E-state index contributed by atoms with van der Waals surface area (Å²) in [4.78, 5) is 42.6.